The minimum absolute atomic E-state index is 0.127. The highest BCUT2D eigenvalue weighted by Crippen LogP contribution is 2.52. The number of hydrogen-bond donors (Lipinski definition) is 4. The van der Waals surface area contributed by atoms with Crippen LogP contribution in [0.5, 0.6) is 11.8 Å². The molecule has 0 saturated heterocycles. The minimum Gasteiger partial charge on any atom is -0.506 e. The molecule has 0 aliphatic carbocycles. The second-order valence-electron chi connectivity index (χ2n) is 9.11. The van der Waals surface area contributed by atoms with Crippen LogP contribution >= 0.6 is 11.3 Å². The van der Waals surface area contributed by atoms with E-state index in [4.69, 9.17) is 16.2 Å². The van der Waals surface area contributed by atoms with Crippen LogP contribution in [0.15, 0.2) is 30.5 Å². The first-order valence-corrected chi connectivity index (χ1v) is 13.2. The Bertz CT molecular complexity index is 1980. The van der Waals surface area contributed by atoms with Gasteiger partial charge in [-0.25, -0.2) is 22.5 Å². The van der Waals surface area contributed by atoms with Gasteiger partial charge in [0.15, 0.2) is 5.82 Å². The molecule has 2 aromatic carbocycles. The van der Waals surface area contributed by atoms with Crippen molar-refractivity contribution in [1.82, 2.24) is 15.0 Å². The van der Waals surface area contributed by atoms with Gasteiger partial charge in [0, 0.05) is 22.7 Å². The lowest BCUT2D eigenvalue weighted by Gasteiger charge is -2.23. The number of anilines is 3. The summed E-state index contributed by atoms with van der Waals surface area (Å²) in [5.41, 5.74) is 6.02. The van der Waals surface area contributed by atoms with E-state index in [0.29, 0.717) is 11.3 Å². The van der Waals surface area contributed by atoms with Crippen LogP contribution in [0.3, 0.4) is 0 Å². The Labute approximate surface area is 246 Å². The van der Waals surface area contributed by atoms with Crippen LogP contribution in [0, 0.1) is 23.0 Å². The van der Waals surface area contributed by atoms with Crippen LogP contribution in [-0.2, 0) is 6.18 Å². The van der Waals surface area contributed by atoms with E-state index in [0.717, 1.165) is 12.1 Å². The number of pyridine rings is 1. The lowest BCUT2D eigenvalue weighted by molar-refractivity contribution is -0.138. The summed E-state index contributed by atoms with van der Waals surface area (Å²) in [6, 6.07) is 3.01. The molecule has 0 spiro atoms. The predicted octanol–water partition coefficient (Wildman–Crippen LogP) is 6.76. The number of nitrogens with zero attached hydrogens (tertiary/aromatic N) is 4. The molecule has 0 aliphatic heterocycles. The molecule has 3 aromatic heterocycles. The molecule has 0 bridgehead atoms. The third-order valence-corrected chi connectivity index (χ3v) is 7.57. The fourth-order valence-electron chi connectivity index (χ4n) is 4.75. The second kappa shape index (κ2) is 11.2. The van der Waals surface area contributed by atoms with E-state index in [9.17, 15) is 36.7 Å². The van der Waals surface area contributed by atoms with E-state index in [1.165, 1.54) is 25.3 Å². The van der Waals surface area contributed by atoms with Gasteiger partial charge in [-0.3, -0.25) is 0 Å². The van der Waals surface area contributed by atoms with Crippen molar-refractivity contribution in [3.05, 3.63) is 58.8 Å². The van der Waals surface area contributed by atoms with Crippen LogP contribution in [0.1, 0.15) is 29.7 Å². The Morgan fingerprint density at radius 3 is 2.48 bits per heavy atom. The number of phenols is 1. The molecule has 228 valence electrons. The summed E-state index contributed by atoms with van der Waals surface area (Å²) in [6.45, 7) is 1.35. The van der Waals surface area contributed by atoms with E-state index >= 15 is 4.39 Å². The number of alkyl halides is 5. The summed E-state index contributed by atoms with van der Waals surface area (Å²) in [5, 5.41) is 21.3. The number of nitrogen functional groups attached to an aromatic ring is 2. The molecule has 0 fully saturated rings. The number of aromatic nitrogens is 3. The fraction of sp³-hybridized carbons (Fsp3) is 0.185. The van der Waals surface area contributed by atoms with Gasteiger partial charge in [0.1, 0.15) is 51.4 Å². The number of benzene rings is 2. The van der Waals surface area contributed by atoms with Crippen LogP contribution in [0.4, 0.5) is 47.4 Å². The maximum Gasteiger partial charge on any atom is 0.420 e. The Balaban J connectivity index is 1.91. The Morgan fingerprint density at radius 1 is 1.14 bits per heavy atom. The molecule has 5 aromatic rings. The smallest absolute Gasteiger partial charge is 0.420 e. The number of halogens is 7. The van der Waals surface area contributed by atoms with Crippen molar-refractivity contribution < 1.29 is 40.6 Å². The van der Waals surface area contributed by atoms with E-state index in [1.807, 2.05) is 0 Å². The lowest BCUT2D eigenvalue weighted by Crippen LogP contribution is -2.22. The number of nitrogens with one attached hydrogen (secondary N) is 1. The lowest BCUT2D eigenvalue weighted by atomic mass is 9.91. The molecule has 9 nitrogen and oxygen atoms in total. The summed E-state index contributed by atoms with van der Waals surface area (Å²) in [7, 11) is 0. The summed E-state index contributed by atoms with van der Waals surface area (Å²) >= 11 is 0.558. The highest BCUT2D eigenvalue weighted by atomic mass is 32.1. The van der Waals surface area contributed by atoms with Crippen LogP contribution in [0.25, 0.3) is 32.1 Å². The molecule has 6 N–H and O–H groups in total. The number of phenolic OH excluding ortho intramolecular Hbond substituents is 1. The molecule has 1 atom stereocenters. The average Bonchev–Trinajstić information content (AvgIpc) is 3.30. The van der Waals surface area contributed by atoms with Crippen molar-refractivity contribution in [3.63, 3.8) is 0 Å². The van der Waals surface area contributed by atoms with E-state index in [-0.39, 0.29) is 27.7 Å². The van der Waals surface area contributed by atoms with Gasteiger partial charge in [-0.1, -0.05) is 12.1 Å². The van der Waals surface area contributed by atoms with Gasteiger partial charge < -0.3 is 26.6 Å². The van der Waals surface area contributed by atoms with Crippen molar-refractivity contribution in [2.24, 2.45) is 0 Å². The quantitative estimate of drug-likeness (QED) is 0.142. The first-order chi connectivity index (χ1) is 20.8. The maximum atomic E-state index is 16.5. The number of rotatable bonds is 7. The van der Waals surface area contributed by atoms with Crippen molar-refractivity contribution >= 4 is 49.0 Å². The number of aromatic hydroxyl groups is 1. The van der Waals surface area contributed by atoms with Gasteiger partial charge in [0.2, 0.25) is 0 Å². The zero-order chi connectivity index (χ0) is 32.1. The van der Waals surface area contributed by atoms with E-state index < -0.39 is 86.4 Å². The molecule has 17 heteroatoms. The zero-order valence-corrected chi connectivity index (χ0v) is 22.9. The number of fused-ring (bicyclic) bond motifs is 2. The molecule has 5 rings (SSSR count). The monoisotopic (exact) mass is 637 g/mol. The summed E-state index contributed by atoms with van der Waals surface area (Å²) in [5.74, 6) is -5.47. The second-order valence-corrected chi connectivity index (χ2v) is 10.2. The molecule has 0 aliphatic rings. The highest BCUT2D eigenvalue weighted by Gasteiger charge is 2.42. The first-order valence-electron chi connectivity index (χ1n) is 12.4. The third kappa shape index (κ3) is 4.96. The molecule has 0 saturated carbocycles. The maximum absolute atomic E-state index is 16.5. The van der Waals surface area contributed by atoms with Crippen molar-refractivity contribution in [2.75, 3.05) is 23.4 Å². The van der Waals surface area contributed by atoms with Gasteiger partial charge in [-0.15, -0.1) is 11.3 Å². The van der Waals surface area contributed by atoms with Crippen LogP contribution < -0.4 is 21.5 Å². The van der Waals surface area contributed by atoms with E-state index in [1.54, 1.807) is 6.07 Å². The standard InChI is InChI=1S/C27H18F7N7O2S/c1-2-43-26-40-19-15(25(41-26)39-18(22(30)31)10-4-3-7-38-23(10)36)20(42)16(27(32,33)34)14(17(19)29)9-5-6-12(28)21-13(9)11(8-35)24(37)44-21/h3-7,18,22,42H,2,37H2,1H3,(H2,36,38)(H,39,40,41)/t18-/m0/s1. The Hall–Kier alpha value is -5.11. The number of nitriles is 1. The molecule has 0 amide bonds. The van der Waals surface area contributed by atoms with Crippen LogP contribution in [-0.4, -0.2) is 33.1 Å². The number of thiophene rings is 1. The Kier molecular flexibility index (Phi) is 7.72. The molecular formula is C27H18F7N7O2S. The molecular weight excluding hydrogens is 619 g/mol. The Morgan fingerprint density at radius 2 is 1.86 bits per heavy atom. The van der Waals surface area contributed by atoms with E-state index in [2.05, 4.69) is 20.3 Å². The summed E-state index contributed by atoms with van der Waals surface area (Å²) in [4.78, 5) is 11.4. The van der Waals surface area contributed by atoms with Gasteiger partial charge >= 0.3 is 12.2 Å². The summed E-state index contributed by atoms with van der Waals surface area (Å²) in [6.07, 6.45) is -7.52. The molecule has 0 radical (unpaired) electrons. The molecule has 3 heterocycles. The first kappa shape index (κ1) is 30.4. The highest BCUT2D eigenvalue weighted by molar-refractivity contribution is 7.23. The van der Waals surface area contributed by atoms with Crippen molar-refractivity contribution in [2.45, 2.75) is 25.6 Å². The fourth-order valence-corrected chi connectivity index (χ4v) is 5.70. The molecule has 0 unspecified atom stereocenters. The van der Waals surface area contributed by atoms with Gasteiger partial charge in [-0.05, 0) is 24.6 Å². The number of hydrogen-bond acceptors (Lipinski definition) is 10. The molecule has 44 heavy (non-hydrogen) atoms. The minimum atomic E-state index is -5.49. The normalized spacial score (nSPS) is 12.5. The van der Waals surface area contributed by atoms with Crippen LogP contribution in [0.2, 0.25) is 0 Å². The van der Waals surface area contributed by atoms with Crippen molar-refractivity contribution in [3.8, 4) is 29.0 Å². The van der Waals surface area contributed by atoms with Gasteiger partial charge in [0.25, 0.3) is 6.43 Å². The van der Waals surface area contributed by atoms with Gasteiger partial charge in [0.05, 0.1) is 22.3 Å². The largest absolute Gasteiger partial charge is 0.506 e. The average molecular weight is 638 g/mol. The SMILES string of the molecule is CCOc1nc(N[C@@H](c2cccnc2N)C(F)F)c2c(O)c(C(F)(F)F)c(-c3ccc(F)c4sc(N)c(C#N)c34)c(F)c2n1. The number of nitrogens with two attached hydrogens (primary N) is 2. The topological polar surface area (TPSA) is 156 Å². The summed E-state index contributed by atoms with van der Waals surface area (Å²) < 4.78 is 109. The van der Waals surface area contributed by atoms with Gasteiger partial charge in [-0.2, -0.15) is 28.4 Å². The predicted molar refractivity (Wildman–Crippen MR) is 148 cm³/mol. The third-order valence-electron chi connectivity index (χ3n) is 6.55. The zero-order valence-electron chi connectivity index (χ0n) is 22.1. The van der Waals surface area contributed by atoms with Crippen molar-refractivity contribution in [1.29, 1.82) is 5.26 Å². The number of ether oxygens (including phenoxy) is 1.